The Balaban J connectivity index is 2.23. The maximum absolute atomic E-state index is 12.7. The van der Waals surface area contributed by atoms with Crippen LogP contribution in [0.2, 0.25) is 0 Å². The number of anilines is 1. The van der Waals surface area contributed by atoms with Crippen molar-refractivity contribution in [2.24, 2.45) is 0 Å². The standard InChI is InChI=1S/C18H22N2O3S2/c1-4-5-6-14(17(22)23)20-16(21)15(25-18(20)24)11-12-7-9-13(10-8-12)19(2)3/h7-11,14H,4-6H2,1-3H3,(H,22,23)/b15-11-/t14-/m1/s1. The van der Waals surface area contributed by atoms with E-state index < -0.39 is 12.0 Å². The Hall–Kier alpha value is -1.86. The first-order valence-corrected chi connectivity index (χ1v) is 9.35. The lowest BCUT2D eigenvalue weighted by molar-refractivity contribution is -0.145. The Morgan fingerprint density at radius 2 is 2.00 bits per heavy atom. The van der Waals surface area contributed by atoms with Crippen LogP contribution in [0.3, 0.4) is 0 Å². The number of carbonyl (C=O) groups excluding carboxylic acids is 1. The van der Waals surface area contributed by atoms with Crippen molar-refractivity contribution in [1.82, 2.24) is 4.90 Å². The van der Waals surface area contributed by atoms with E-state index in [4.69, 9.17) is 12.2 Å². The molecule has 1 saturated heterocycles. The lowest BCUT2D eigenvalue weighted by Crippen LogP contribution is -2.43. The van der Waals surface area contributed by atoms with E-state index in [1.165, 1.54) is 4.90 Å². The SMILES string of the molecule is CCCC[C@H](C(=O)O)N1C(=O)/C(=C/c2ccc(N(C)C)cc2)SC1=S. The maximum Gasteiger partial charge on any atom is 0.326 e. The zero-order valence-electron chi connectivity index (χ0n) is 14.6. The number of hydrogen-bond donors (Lipinski definition) is 1. The molecule has 7 heteroatoms. The molecule has 1 atom stereocenters. The topological polar surface area (TPSA) is 60.9 Å². The second kappa shape index (κ2) is 8.49. The van der Waals surface area contributed by atoms with Gasteiger partial charge in [-0.3, -0.25) is 9.69 Å². The van der Waals surface area contributed by atoms with Gasteiger partial charge in [-0.2, -0.15) is 0 Å². The minimum Gasteiger partial charge on any atom is -0.480 e. The van der Waals surface area contributed by atoms with Crippen molar-refractivity contribution in [2.45, 2.75) is 32.2 Å². The predicted molar refractivity (Wildman–Crippen MR) is 107 cm³/mol. The second-order valence-corrected chi connectivity index (χ2v) is 7.71. The summed E-state index contributed by atoms with van der Waals surface area (Å²) < 4.78 is 0.310. The monoisotopic (exact) mass is 378 g/mol. The van der Waals surface area contributed by atoms with Crippen LogP contribution >= 0.6 is 24.0 Å². The van der Waals surface area contributed by atoms with E-state index in [0.29, 0.717) is 15.6 Å². The van der Waals surface area contributed by atoms with Gasteiger partial charge in [0.05, 0.1) is 4.91 Å². The number of carbonyl (C=O) groups is 2. The zero-order chi connectivity index (χ0) is 18.6. The Morgan fingerprint density at radius 3 is 2.52 bits per heavy atom. The summed E-state index contributed by atoms with van der Waals surface area (Å²) in [7, 11) is 3.92. The smallest absolute Gasteiger partial charge is 0.326 e. The normalized spacial score (nSPS) is 17.2. The Morgan fingerprint density at radius 1 is 1.36 bits per heavy atom. The molecule has 0 unspecified atom stereocenters. The molecule has 1 fully saturated rings. The van der Waals surface area contributed by atoms with Crippen LogP contribution in [0.5, 0.6) is 0 Å². The summed E-state index contributed by atoms with van der Waals surface area (Å²) in [5, 5.41) is 9.47. The van der Waals surface area contributed by atoms with E-state index in [2.05, 4.69) is 0 Å². The van der Waals surface area contributed by atoms with Crippen molar-refractivity contribution in [3.8, 4) is 0 Å². The Kier molecular flexibility index (Phi) is 6.61. The summed E-state index contributed by atoms with van der Waals surface area (Å²) in [4.78, 5) is 28.0. The molecule has 1 aromatic carbocycles. The van der Waals surface area contributed by atoms with Crippen LogP contribution in [0, 0.1) is 0 Å². The number of thioether (sulfide) groups is 1. The van der Waals surface area contributed by atoms with Crippen LogP contribution < -0.4 is 4.90 Å². The van der Waals surface area contributed by atoms with Gasteiger partial charge < -0.3 is 10.0 Å². The highest BCUT2D eigenvalue weighted by Crippen LogP contribution is 2.35. The van der Waals surface area contributed by atoms with Crippen molar-refractivity contribution in [3.63, 3.8) is 0 Å². The summed E-state index contributed by atoms with van der Waals surface area (Å²) in [6.07, 6.45) is 3.77. The second-order valence-electron chi connectivity index (χ2n) is 6.03. The summed E-state index contributed by atoms with van der Waals surface area (Å²) in [5.41, 5.74) is 1.95. The number of amides is 1. The molecular formula is C18H22N2O3S2. The molecule has 1 aromatic rings. The summed E-state index contributed by atoms with van der Waals surface area (Å²) in [6, 6.07) is 6.89. The number of aliphatic carboxylic acids is 1. The number of rotatable bonds is 7. The fourth-order valence-corrected chi connectivity index (χ4v) is 3.89. The minimum atomic E-state index is -1.01. The molecule has 0 bridgehead atoms. The van der Waals surface area contributed by atoms with Crippen LogP contribution in [-0.4, -0.2) is 46.3 Å². The van der Waals surface area contributed by atoms with Crippen molar-refractivity contribution in [3.05, 3.63) is 34.7 Å². The first-order valence-electron chi connectivity index (χ1n) is 8.12. The first-order chi connectivity index (χ1) is 11.8. The molecule has 0 saturated carbocycles. The average molecular weight is 379 g/mol. The molecule has 25 heavy (non-hydrogen) atoms. The lowest BCUT2D eigenvalue weighted by atomic mass is 10.1. The molecule has 1 aliphatic rings. The average Bonchev–Trinajstić information content (AvgIpc) is 2.83. The van der Waals surface area contributed by atoms with Gasteiger partial charge in [0.1, 0.15) is 10.4 Å². The number of carboxylic acid groups (broad SMARTS) is 1. The number of carboxylic acids is 1. The molecule has 0 radical (unpaired) electrons. The van der Waals surface area contributed by atoms with Crippen LogP contribution in [0.25, 0.3) is 6.08 Å². The van der Waals surface area contributed by atoms with E-state index in [1.807, 2.05) is 50.2 Å². The van der Waals surface area contributed by atoms with E-state index in [9.17, 15) is 14.7 Å². The maximum atomic E-state index is 12.7. The first kappa shape index (κ1) is 19.5. The highest BCUT2D eigenvalue weighted by atomic mass is 32.2. The van der Waals surface area contributed by atoms with Gasteiger partial charge in [0, 0.05) is 19.8 Å². The molecule has 2 rings (SSSR count). The molecule has 1 aliphatic heterocycles. The predicted octanol–water partition coefficient (Wildman–Crippen LogP) is 3.60. The Bertz CT molecular complexity index is 699. The van der Waals surface area contributed by atoms with Gasteiger partial charge in [-0.15, -0.1) is 0 Å². The van der Waals surface area contributed by atoms with E-state index in [1.54, 1.807) is 6.08 Å². The van der Waals surface area contributed by atoms with Crippen LogP contribution in [-0.2, 0) is 9.59 Å². The highest BCUT2D eigenvalue weighted by molar-refractivity contribution is 8.26. The molecular weight excluding hydrogens is 356 g/mol. The molecule has 1 amide bonds. The zero-order valence-corrected chi connectivity index (χ0v) is 16.2. The quantitative estimate of drug-likeness (QED) is 0.578. The molecule has 0 spiro atoms. The van der Waals surface area contributed by atoms with Crippen molar-refractivity contribution < 1.29 is 14.7 Å². The van der Waals surface area contributed by atoms with Crippen molar-refractivity contribution in [1.29, 1.82) is 0 Å². The number of thiocarbonyl (C=S) groups is 1. The van der Waals surface area contributed by atoms with Crippen molar-refractivity contribution in [2.75, 3.05) is 19.0 Å². The van der Waals surface area contributed by atoms with E-state index >= 15 is 0 Å². The van der Waals surface area contributed by atoms with Gasteiger partial charge in [0.15, 0.2) is 0 Å². The third-order valence-electron chi connectivity index (χ3n) is 3.96. The highest BCUT2D eigenvalue weighted by Gasteiger charge is 2.40. The van der Waals surface area contributed by atoms with E-state index in [0.717, 1.165) is 35.9 Å². The number of nitrogens with zero attached hydrogens (tertiary/aromatic N) is 2. The number of unbranched alkanes of at least 4 members (excludes halogenated alkanes) is 1. The molecule has 1 N–H and O–H groups in total. The molecule has 5 nitrogen and oxygen atoms in total. The third-order valence-corrected chi connectivity index (χ3v) is 5.29. The summed E-state index contributed by atoms with van der Waals surface area (Å²) in [5.74, 6) is -1.34. The van der Waals surface area contributed by atoms with Crippen molar-refractivity contribution >= 4 is 51.9 Å². The van der Waals surface area contributed by atoms with Gasteiger partial charge in [0.2, 0.25) is 0 Å². The van der Waals surface area contributed by atoms with E-state index in [-0.39, 0.29) is 5.91 Å². The van der Waals surface area contributed by atoms with Crippen LogP contribution in [0.1, 0.15) is 31.7 Å². The van der Waals surface area contributed by atoms with Gasteiger partial charge in [-0.25, -0.2) is 4.79 Å². The lowest BCUT2D eigenvalue weighted by Gasteiger charge is -2.22. The summed E-state index contributed by atoms with van der Waals surface area (Å²) >= 11 is 6.43. The number of hydrogen-bond acceptors (Lipinski definition) is 5. The van der Waals surface area contributed by atoms with Gasteiger partial charge in [-0.1, -0.05) is 55.9 Å². The Labute approximate surface area is 157 Å². The molecule has 0 aliphatic carbocycles. The molecule has 0 aromatic heterocycles. The molecule has 134 valence electrons. The van der Waals surface area contributed by atoms with Gasteiger partial charge in [-0.05, 0) is 30.2 Å². The summed E-state index contributed by atoms with van der Waals surface area (Å²) in [6.45, 7) is 1.99. The molecule has 1 heterocycles. The van der Waals surface area contributed by atoms with Crippen LogP contribution in [0.15, 0.2) is 29.2 Å². The van der Waals surface area contributed by atoms with Gasteiger partial charge >= 0.3 is 5.97 Å². The van der Waals surface area contributed by atoms with Crippen LogP contribution in [0.4, 0.5) is 5.69 Å². The largest absolute Gasteiger partial charge is 0.480 e. The fourth-order valence-electron chi connectivity index (χ4n) is 2.53. The van der Waals surface area contributed by atoms with Gasteiger partial charge in [0.25, 0.3) is 5.91 Å². The minimum absolute atomic E-state index is 0.310. The fraction of sp³-hybridized carbons (Fsp3) is 0.389. The third kappa shape index (κ3) is 4.61. The number of benzene rings is 1.